The molecule has 1 atom stereocenters. The highest BCUT2D eigenvalue weighted by atomic mass is 16.2. The van der Waals surface area contributed by atoms with E-state index in [1.807, 2.05) is 44.2 Å². The Morgan fingerprint density at radius 2 is 2.06 bits per heavy atom. The molecule has 0 aromatic heterocycles. The average molecular weight is 232 g/mol. The molecule has 1 amide bonds. The second-order valence-electron chi connectivity index (χ2n) is 4.06. The van der Waals surface area contributed by atoms with Crippen LogP contribution < -0.4 is 5.73 Å². The predicted molar refractivity (Wildman–Crippen MR) is 70.3 cm³/mol. The fraction of sp³-hybridized carbons (Fsp3) is 0.357. The van der Waals surface area contributed by atoms with E-state index in [1.54, 1.807) is 17.1 Å². The molecule has 1 unspecified atom stereocenters. The van der Waals surface area contributed by atoms with Crippen LogP contribution in [0.25, 0.3) is 0 Å². The van der Waals surface area contributed by atoms with Crippen molar-refractivity contribution in [2.45, 2.75) is 26.4 Å². The molecule has 0 fully saturated rings. The smallest absolute Gasteiger partial charge is 0.246 e. The minimum atomic E-state index is -0.0885. The van der Waals surface area contributed by atoms with E-state index in [0.717, 1.165) is 5.56 Å². The van der Waals surface area contributed by atoms with Crippen molar-refractivity contribution >= 4 is 5.91 Å². The third-order valence-electron chi connectivity index (χ3n) is 2.45. The first-order valence-corrected chi connectivity index (χ1v) is 5.90. The van der Waals surface area contributed by atoms with E-state index < -0.39 is 0 Å². The fourth-order valence-electron chi connectivity index (χ4n) is 1.49. The zero-order valence-electron chi connectivity index (χ0n) is 10.5. The first-order valence-electron chi connectivity index (χ1n) is 5.90. The van der Waals surface area contributed by atoms with Crippen LogP contribution in [0.3, 0.4) is 0 Å². The number of hydrogen-bond donors (Lipinski definition) is 1. The normalized spacial score (nSPS) is 12.6. The molecule has 1 aromatic rings. The SMILES string of the molecule is CCN(Cc1ccccc1)C(=O)/C=C/C(C)N. The Morgan fingerprint density at radius 1 is 1.41 bits per heavy atom. The first kappa shape index (κ1) is 13.5. The predicted octanol–water partition coefficient (Wildman–Crippen LogP) is 1.94. The largest absolute Gasteiger partial charge is 0.335 e. The van der Waals surface area contributed by atoms with Crippen molar-refractivity contribution in [1.82, 2.24) is 4.90 Å². The van der Waals surface area contributed by atoms with Gasteiger partial charge in [-0.25, -0.2) is 0 Å². The van der Waals surface area contributed by atoms with Crippen LogP contribution in [0.2, 0.25) is 0 Å². The maximum atomic E-state index is 11.9. The number of likely N-dealkylation sites (N-methyl/N-ethyl adjacent to an activating group) is 1. The molecule has 0 aliphatic heterocycles. The number of rotatable bonds is 5. The van der Waals surface area contributed by atoms with E-state index in [-0.39, 0.29) is 11.9 Å². The number of nitrogens with two attached hydrogens (primary N) is 1. The molecule has 0 radical (unpaired) electrons. The summed E-state index contributed by atoms with van der Waals surface area (Å²) >= 11 is 0. The van der Waals surface area contributed by atoms with Crippen molar-refractivity contribution in [3.63, 3.8) is 0 Å². The van der Waals surface area contributed by atoms with E-state index in [9.17, 15) is 4.79 Å². The van der Waals surface area contributed by atoms with Crippen molar-refractivity contribution in [2.24, 2.45) is 5.73 Å². The van der Waals surface area contributed by atoms with E-state index in [0.29, 0.717) is 13.1 Å². The lowest BCUT2D eigenvalue weighted by Gasteiger charge is -2.19. The zero-order valence-corrected chi connectivity index (χ0v) is 10.5. The highest BCUT2D eigenvalue weighted by Crippen LogP contribution is 2.05. The molecule has 1 aromatic carbocycles. The molecule has 0 bridgehead atoms. The molecule has 2 N–H and O–H groups in total. The molecular weight excluding hydrogens is 212 g/mol. The van der Waals surface area contributed by atoms with Gasteiger partial charge >= 0.3 is 0 Å². The summed E-state index contributed by atoms with van der Waals surface area (Å²) in [5, 5.41) is 0. The second-order valence-corrected chi connectivity index (χ2v) is 4.06. The van der Waals surface area contributed by atoms with Crippen molar-refractivity contribution in [3.8, 4) is 0 Å². The van der Waals surface area contributed by atoms with Crippen LogP contribution in [0.1, 0.15) is 19.4 Å². The molecule has 0 spiro atoms. The van der Waals surface area contributed by atoms with Crippen molar-refractivity contribution in [3.05, 3.63) is 48.0 Å². The van der Waals surface area contributed by atoms with Gasteiger partial charge in [-0.05, 0) is 19.4 Å². The van der Waals surface area contributed by atoms with Crippen LogP contribution in [0, 0.1) is 0 Å². The summed E-state index contributed by atoms with van der Waals surface area (Å²) in [5.41, 5.74) is 6.71. The lowest BCUT2D eigenvalue weighted by atomic mass is 10.2. The number of hydrogen-bond acceptors (Lipinski definition) is 2. The van der Waals surface area contributed by atoms with Crippen LogP contribution in [0.15, 0.2) is 42.5 Å². The van der Waals surface area contributed by atoms with Crippen molar-refractivity contribution in [2.75, 3.05) is 6.54 Å². The number of benzene rings is 1. The molecular formula is C14H20N2O. The molecule has 0 aliphatic rings. The topological polar surface area (TPSA) is 46.3 Å². The summed E-state index contributed by atoms with van der Waals surface area (Å²) in [6.07, 6.45) is 3.27. The maximum absolute atomic E-state index is 11.9. The first-order chi connectivity index (χ1) is 8.13. The summed E-state index contributed by atoms with van der Waals surface area (Å²) in [5.74, 6) is 0.00801. The van der Waals surface area contributed by atoms with E-state index in [2.05, 4.69) is 0 Å². The van der Waals surface area contributed by atoms with E-state index >= 15 is 0 Å². The van der Waals surface area contributed by atoms with Crippen LogP contribution in [0.5, 0.6) is 0 Å². The Morgan fingerprint density at radius 3 is 2.59 bits per heavy atom. The van der Waals surface area contributed by atoms with Gasteiger partial charge in [-0.2, -0.15) is 0 Å². The summed E-state index contributed by atoms with van der Waals surface area (Å²) in [6.45, 7) is 5.15. The molecule has 3 nitrogen and oxygen atoms in total. The average Bonchev–Trinajstić information content (AvgIpc) is 2.34. The molecule has 3 heteroatoms. The summed E-state index contributed by atoms with van der Waals surface area (Å²) in [6, 6.07) is 9.87. The van der Waals surface area contributed by atoms with Crippen LogP contribution in [-0.4, -0.2) is 23.4 Å². The molecule has 1 rings (SSSR count). The Hall–Kier alpha value is -1.61. The standard InChI is InChI=1S/C14H20N2O/c1-3-16(14(17)10-9-12(2)15)11-13-7-5-4-6-8-13/h4-10,12H,3,11,15H2,1-2H3/b10-9+. The van der Waals surface area contributed by atoms with Gasteiger partial charge in [-0.1, -0.05) is 36.4 Å². The molecule has 0 saturated heterocycles. The minimum Gasteiger partial charge on any atom is -0.335 e. The van der Waals surface area contributed by atoms with Gasteiger partial charge in [0.05, 0.1) is 0 Å². The summed E-state index contributed by atoms with van der Waals surface area (Å²) in [4.78, 5) is 13.7. The molecule has 0 saturated carbocycles. The number of carbonyl (C=O) groups is 1. The Kier molecular flexibility index (Phi) is 5.43. The van der Waals surface area contributed by atoms with Crippen molar-refractivity contribution in [1.29, 1.82) is 0 Å². The van der Waals surface area contributed by atoms with Gasteiger partial charge in [0.25, 0.3) is 0 Å². The Balaban J connectivity index is 2.63. The third-order valence-corrected chi connectivity index (χ3v) is 2.45. The highest BCUT2D eigenvalue weighted by Gasteiger charge is 2.08. The highest BCUT2D eigenvalue weighted by molar-refractivity contribution is 5.87. The maximum Gasteiger partial charge on any atom is 0.246 e. The number of nitrogens with zero attached hydrogens (tertiary/aromatic N) is 1. The van der Waals surface area contributed by atoms with Crippen LogP contribution in [-0.2, 0) is 11.3 Å². The minimum absolute atomic E-state index is 0.00801. The van der Waals surface area contributed by atoms with Gasteiger partial charge in [0.15, 0.2) is 0 Å². The second kappa shape index (κ2) is 6.86. The third kappa shape index (κ3) is 4.83. The van der Waals surface area contributed by atoms with Gasteiger partial charge in [0.1, 0.15) is 0 Å². The van der Waals surface area contributed by atoms with E-state index in [4.69, 9.17) is 5.73 Å². The fourth-order valence-corrected chi connectivity index (χ4v) is 1.49. The van der Waals surface area contributed by atoms with Gasteiger partial charge < -0.3 is 10.6 Å². The lowest BCUT2D eigenvalue weighted by molar-refractivity contribution is -0.126. The zero-order chi connectivity index (χ0) is 12.7. The van der Waals surface area contributed by atoms with Gasteiger partial charge in [-0.15, -0.1) is 0 Å². The molecule has 92 valence electrons. The Bertz CT molecular complexity index is 371. The number of amides is 1. The molecule has 0 aliphatic carbocycles. The van der Waals surface area contributed by atoms with Crippen LogP contribution in [0.4, 0.5) is 0 Å². The van der Waals surface area contributed by atoms with Crippen LogP contribution >= 0.6 is 0 Å². The number of carbonyl (C=O) groups excluding carboxylic acids is 1. The van der Waals surface area contributed by atoms with Crippen molar-refractivity contribution < 1.29 is 4.79 Å². The monoisotopic (exact) mass is 232 g/mol. The summed E-state index contributed by atoms with van der Waals surface area (Å²) in [7, 11) is 0. The molecule has 0 heterocycles. The lowest BCUT2D eigenvalue weighted by Crippen LogP contribution is -2.29. The Labute approximate surface area is 103 Å². The van der Waals surface area contributed by atoms with Gasteiger partial charge in [0.2, 0.25) is 5.91 Å². The molecule has 17 heavy (non-hydrogen) atoms. The van der Waals surface area contributed by atoms with E-state index in [1.165, 1.54) is 0 Å². The summed E-state index contributed by atoms with van der Waals surface area (Å²) < 4.78 is 0. The van der Waals surface area contributed by atoms with Gasteiger partial charge in [0, 0.05) is 25.2 Å². The van der Waals surface area contributed by atoms with Gasteiger partial charge in [-0.3, -0.25) is 4.79 Å². The quantitative estimate of drug-likeness (QED) is 0.789.